The lowest BCUT2D eigenvalue weighted by atomic mass is 9.94. The molecule has 0 saturated heterocycles. The molecule has 1 rings (SSSR count). The minimum atomic E-state index is -0.984. The fourth-order valence-electron chi connectivity index (χ4n) is 1.98. The van der Waals surface area contributed by atoms with Crippen LogP contribution in [-0.4, -0.2) is 16.2 Å². The Hall–Kier alpha value is -1.35. The van der Waals surface area contributed by atoms with E-state index in [2.05, 4.69) is 0 Å². The topological polar surface area (TPSA) is 57.5 Å². The molecule has 0 aliphatic carbocycles. The van der Waals surface area contributed by atoms with Crippen LogP contribution in [0.2, 0.25) is 0 Å². The van der Waals surface area contributed by atoms with Gasteiger partial charge in [-0.1, -0.05) is 17.7 Å². The van der Waals surface area contributed by atoms with E-state index in [9.17, 15) is 9.90 Å². The van der Waals surface area contributed by atoms with Crippen molar-refractivity contribution in [2.45, 2.75) is 33.3 Å². The van der Waals surface area contributed by atoms with Gasteiger partial charge >= 0.3 is 5.97 Å². The molecule has 3 nitrogen and oxygen atoms in total. The molecule has 0 saturated carbocycles. The predicted molar refractivity (Wildman–Crippen MR) is 57.9 cm³/mol. The third-order valence-electron chi connectivity index (χ3n) is 2.44. The molecule has 15 heavy (non-hydrogen) atoms. The zero-order chi connectivity index (χ0) is 11.6. The molecule has 1 atom stereocenters. The summed E-state index contributed by atoms with van der Waals surface area (Å²) >= 11 is 0. The highest BCUT2D eigenvalue weighted by Gasteiger charge is 2.16. The summed E-state index contributed by atoms with van der Waals surface area (Å²) in [4.78, 5) is 10.5. The molecule has 82 valence electrons. The first-order chi connectivity index (χ1) is 6.91. The first kappa shape index (κ1) is 11.7. The Morgan fingerprint density at radius 2 is 1.73 bits per heavy atom. The summed E-state index contributed by atoms with van der Waals surface area (Å²) in [5.74, 6) is -0.984. The van der Waals surface area contributed by atoms with Gasteiger partial charge in [-0.25, -0.2) is 0 Å². The van der Waals surface area contributed by atoms with Crippen molar-refractivity contribution in [2.75, 3.05) is 0 Å². The lowest BCUT2D eigenvalue weighted by Crippen LogP contribution is -2.08. The van der Waals surface area contributed by atoms with E-state index in [1.54, 1.807) is 0 Å². The third-order valence-corrected chi connectivity index (χ3v) is 2.44. The molecule has 3 heteroatoms. The molecule has 0 aromatic heterocycles. The molecule has 0 spiro atoms. The van der Waals surface area contributed by atoms with E-state index in [0.717, 1.165) is 22.3 Å². The maximum atomic E-state index is 10.5. The number of aliphatic hydroxyl groups is 1. The van der Waals surface area contributed by atoms with Gasteiger partial charge < -0.3 is 10.2 Å². The Kier molecular flexibility index (Phi) is 3.48. The van der Waals surface area contributed by atoms with Crippen molar-refractivity contribution in [3.05, 3.63) is 34.4 Å². The number of carboxylic acid groups (broad SMARTS) is 1. The van der Waals surface area contributed by atoms with Crippen LogP contribution in [0.15, 0.2) is 12.1 Å². The maximum absolute atomic E-state index is 10.5. The molecule has 0 radical (unpaired) electrons. The van der Waals surface area contributed by atoms with Crippen LogP contribution in [0.25, 0.3) is 0 Å². The average Bonchev–Trinajstić information content (AvgIpc) is 1.99. The van der Waals surface area contributed by atoms with Gasteiger partial charge in [0.1, 0.15) is 0 Å². The standard InChI is InChI=1S/C12H16O3/c1-7-4-8(2)12(9(3)5-7)10(13)6-11(14)15/h4-5,10,13H,6H2,1-3H3,(H,14,15)/t10-/m1/s1. The van der Waals surface area contributed by atoms with Gasteiger partial charge in [-0.2, -0.15) is 0 Å². The Balaban J connectivity index is 3.08. The van der Waals surface area contributed by atoms with Crippen LogP contribution in [0.5, 0.6) is 0 Å². The highest BCUT2D eigenvalue weighted by atomic mass is 16.4. The fourth-order valence-corrected chi connectivity index (χ4v) is 1.98. The first-order valence-corrected chi connectivity index (χ1v) is 4.89. The number of aliphatic carboxylic acids is 1. The number of rotatable bonds is 3. The summed E-state index contributed by atoms with van der Waals surface area (Å²) < 4.78 is 0. The molecule has 1 aromatic carbocycles. The normalized spacial score (nSPS) is 12.5. The summed E-state index contributed by atoms with van der Waals surface area (Å²) in [5.41, 5.74) is 3.75. The van der Waals surface area contributed by atoms with Crippen molar-refractivity contribution < 1.29 is 15.0 Å². The van der Waals surface area contributed by atoms with Gasteiger partial charge in [-0.3, -0.25) is 4.79 Å². The number of hydrogen-bond acceptors (Lipinski definition) is 2. The van der Waals surface area contributed by atoms with E-state index in [0.29, 0.717) is 0 Å². The molecule has 0 fully saturated rings. The smallest absolute Gasteiger partial charge is 0.306 e. The largest absolute Gasteiger partial charge is 0.481 e. The molecule has 0 bridgehead atoms. The van der Waals surface area contributed by atoms with Crippen LogP contribution in [-0.2, 0) is 4.79 Å². The first-order valence-electron chi connectivity index (χ1n) is 4.89. The number of hydrogen-bond donors (Lipinski definition) is 2. The van der Waals surface area contributed by atoms with Crippen LogP contribution in [0, 0.1) is 20.8 Å². The van der Waals surface area contributed by atoms with E-state index in [1.165, 1.54) is 0 Å². The van der Waals surface area contributed by atoms with E-state index in [-0.39, 0.29) is 6.42 Å². The van der Waals surface area contributed by atoms with E-state index >= 15 is 0 Å². The van der Waals surface area contributed by atoms with Crippen molar-refractivity contribution in [1.29, 1.82) is 0 Å². The second kappa shape index (κ2) is 4.45. The molecule has 0 amide bonds. The average molecular weight is 208 g/mol. The van der Waals surface area contributed by atoms with Crippen molar-refractivity contribution in [2.24, 2.45) is 0 Å². The summed E-state index contributed by atoms with van der Waals surface area (Å²) in [6.45, 7) is 5.76. The molecular weight excluding hydrogens is 192 g/mol. The van der Waals surface area contributed by atoms with Gasteiger partial charge in [0.25, 0.3) is 0 Å². The molecule has 0 heterocycles. The zero-order valence-corrected chi connectivity index (χ0v) is 9.24. The molecule has 0 aliphatic rings. The highest BCUT2D eigenvalue weighted by molar-refractivity contribution is 5.68. The lowest BCUT2D eigenvalue weighted by Gasteiger charge is -2.15. The lowest BCUT2D eigenvalue weighted by molar-refractivity contribution is -0.139. The second-order valence-electron chi connectivity index (χ2n) is 3.93. The number of carboxylic acids is 1. The number of carbonyl (C=O) groups is 1. The second-order valence-corrected chi connectivity index (χ2v) is 3.93. The van der Waals surface area contributed by atoms with Crippen LogP contribution >= 0.6 is 0 Å². The van der Waals surface area contributed by atoms with Crippen LogP contribution in [0.4, 0.5) is 0 Å². The third kappa shape index (κ3) is 2.80. The summed E-state index contributed by atoms with van der Waals surface area (Å²) in [6.07, 6.45) is -1.16. The molecule has 0 unspecified atom stereocenters. The summed E-state index contributed by atoms with van der Waals surface area (Å²) in [7, 11) is 0. The Bertz CT molecular complexity index is 359. The van der Waals surface area contributed by atoms with Gasteiger partial charge in [-0.05, 0) is 37.5 Å². The summed E-state index contributed by atoms with van der Waals surface area (Å²) in [6, 6.07) is 3.90. The minimum Gasteiger partial charge on any atom is -0.481 e. The van der Waals surface area contributed by atoms with Crippen LogP contribution < -0.4 is 0 Å². The monoisotopic (exact) mass is 208 g/mol. The van der Waals surface area contributed by atoms with E-state index in [4.69, 9.17) is 5.11 Å². The Labute approximate surface area is 89.4 Å². The van der Waals surface area contributed by atoms with Crippen LogP contribution in [0.1, 0.15) is 34.8 Å². The maximum Gasteiger partial charge on any atom is 0.306 e. The van der Waals surface area contributed by atoms with Crippen molar-refractivity contribution >= 4 is 5.97 Å². The fraction of sp³-hybridized carbons (Fsp3) is 0.417. The number of aliphatic hydroxyl groups excluding tert-OH is 1. The van der Waals surface area contributed by atoms with Gasteiger partial charge in [-0.15, -0.1) is 0 Å². The number of benzene rings is 1. The highest BCUT2D eigenvalue weighted by Crippen LogP contribution is 2.25. The predicted octanol–water partition coefficient (Wildman–Crippen LogP) is 2.12. The van der Waals surface area contributed by atoms with Crippen molar-refractivity contribution in [3.63, 3.8) is 0 Å². The minimum absolute atomic E-state index is 0.245. The van der Waals surface area contributed by atoms with Crippen LogP contribution in [0.3, 0.4) is 0 Å². The van der Waals surface area contributed by atoms with E-state index < -0.39 is 12.1 Å². The molecular formula is C12H16O3. The molecule has 0 aliphatic heterocycles. The van der Waals surface area contributed by atoms with Gasteiger partial charge in [0.05, 0.1) is 12.5 Å². The SMILES string of the molecule is Cc1cc(C)c([C@H](O)CC(=O)O)c(C)c1. The van der Waals surface area contributed by atoms with Crippen molar-refractivity contribution in [1.82, 2.24) is 0 Å². The summed E-state index contributed by atoms with van der Waals surface area (Å²) in [5, 5.41) is 18.4. The van der Waals surface area contributed by atoms with Gasteiger partial charge in [0, 0.05) is 0 Å². The van der Waals surface area contributed by atoms with E-state index in [1.807, 2.05) is 32.9 Å². The number of aryl methyl sites for hydroxylation is 3. The molecule has 2 N–H and O–H groups in total. The Morgan fingerprint density at radius 3 is 2.13 bits per heavy atom. The zero-order valence-electron chi connectivity index (χ0n) is 9.24. The van der Waals surface area contributed by atoms with Gasteiger partial charge in [0.2, 0.25) is 0 Å². The van der Waals surface area contributed by atoms with Gasteiger partial charge in [0.15, 0.2) is 0 Å². The quantitative estimate of drug-likeness (QED) is 0.800. The Morgan fingerprint density at radius 1 is 1.27 bits per heavy atom. The van der Waals surface area contributed by atoms with Crippen molar-refractivity contribution in [3.8, 4) is 0 Å². The molecule has 1 aromatic rings.